The summed E-state index contributed by atoms with van der Waals surface area (Å²) in [6.45, 7) is 9.29. The van der Waals surface area contributed by atoms with Gasteiger partial charge in [0.2, 0.25) is 11.9 Å². The number of rotatable bonds is 7. The summed E-state index contributed by atoms with van der Waals surface area (Å²) in [4.78, 5) is 34.5. The summed E-state index contributed by atoms with van der Waals surface area (Å²) in [5.74, 6) is 1.18. The predicted molar refractivity (Wildman–Crippen MR) is 124 cm³/mol. The molecule has 1 unspecified atom stereocenters. The molecule has 1 N–H and O–H groups in total. The van der Waals surface area contributed by atoms with Gasteiger partial charge in [-0.1, -0.05) is 18.7 Å². The minimum atomic E-state index is -0.0764. The Morgan fingerprint density at radius 3 is 2.81 bits per heavy atom. The smallest absolute Gasteiger partial charge is 0.252 e. The number of nitrogens with zero attached hydrogens (tertiary/aromatic N) is 4. The molecule has 3 aromatic rings. The van der Waals surface area contributed by atoms with Gasteiger partial charge in [0, 0.05) is 37.2 Å². The number of amides is 1. The molecule has 1 saturated heterocycles. The van der Waals surface area contributed by atoms with Gasteiger partial charge in [-0.3, -0.25) is 14.2 Å². The minimum Gasteiger partial charge on any atom is -0.489 e. The second kappa shape index (κ2) is 9.21. The normalized spacial score (nSPS) is 16.7. The third-order valence-electron chi connectivity index (χ3n) is 5.70. The molecule has 166 valence electrons. The van der Waals surface area contributed by atoms with Crippen molar-refractivity contribution < 1.29 is 9.53 Å². The molecule has 0 aliphatic carbocycles. The molecule has 2 atom stereocenters. The number of benzene rings is 1. The number of aromatic nitrogens is 3. The Morgan fingerprint density at radius 1 is 1.31 bits per heavy atom. The van der Waals surface area contributed by atoms with E-state index in [1.165, 1.54) is 12.1 Å². The highest BCUT2D eigenvalue weighted by molar-refractivity contribution is 5.87. The first-order valence-corrected chi connectivity index (χ1v) is 10.8. The number of anilines is 1. The van der Waals surface area contributed by atoms with Crippen molar-refractivity contribution in [3.8, 4) is 5.75 Å². The maximum Gasteiger partial charge on any atom is 0.252 e. The van der Waals surface area contributed by atoms with E-state index in [0.29, 0.717) is 31.2 Å². The fraction of sp³-hybridized carbons (Fsp3) is 0.333. The zero-order valence-electron chi connectivity index (χ0n) is 18.3. The highest BCUT2D eigenvalue weighted by Gasteiger charge is 2.26. The fourth-order valence-corrected chi connectivity index (χ4v) is 3.90. The lowest BCUT2D eigenvalue weighted by atomic mass is 10.1. The Morgan fingerprint density at radius 2 is 2.09 bits per heavy atom. The van der Waals surface area contributed by atoms with Crippen molar-refractivity contribution in [3.63, 3.8) is 0 Å². The molecule has 8 nitrogen and oxygen atoms in total. The molecule has 0 saturated carbocycles. The number of carbonyl (C=O) groups is 1. The van der Waals surface area contributed by atoms with Gasteiger partial charge in [-0.25, -0.2) is 4.98 Å². The van der Waals surface area contributed by atoms with Gasteiger partial charge < -0.3 is 15.0 Å². The van der Waals surface area contributed by atoms with E-state index in [4.69, 9.17) is 4.74 Å². The van der Waals surface area contributed by atoms with Crippen LogP contribution in [0.2, 0.25) is 0 Å². The van der Waals surface area contributed by atoms with Crippen LogP contribution in [0.4, 0.5) is 5.95 Å². The summed E-state index contributed by atoms with van der Waals surface area (Å²) in [5, 5.41) is 4.13. The number of hydrogen-bond donors (Lipinski definition) is 1. The first-order valence-electron chi connectivity index (χ1n) is 10.8. The predicted octanol–water partition coefficient (Wildman–Crippen LogP) is 3.15. The van der Waals surface area contributed by atoms with Gasteiger partial charge in [0.25, 0.3) is 5.56 Å². The van der Waals surface area contributed by atoms with Crippen molar-refractivity contribution in [2.45, 2.75) is 39.0 Å². The number of likely N-dealkylation sites (tertiary alicyclic amines) is 1. The van der Waals surface area contributed by atoms with Gasteiger partial charge >= 0.3 is 0 Å². The van der Waals surface area contributed by atoms with Crippen LogP contribution in [0.1, 0.15) is 31.9 Å². The van der Waals surface area contributed by atoms with E-state index in [0.717, 1.165) is 23.1 Å². The van der Waals surface area contributed by atoms with Crippen molar-refractivity contribution in [3.05, 3.63) is 71.2 Å². The molecule has 2 aromatic heterocycles. The van der Waals surface area contributed by atoms with E-state index in [1.807, 2.05) is 38.1 Å². The first-order chi connectivity index (χ1) is 15.5. The zero-order chi connectivity index (χ0) is 22.7. The van der Waals surface area contributed by atoms with E-state index in [9.17, 15) is 9.59 Å². The maximum atomic E-state index is 12.1. The quantitative estimate of drug-likeness (QED) is 0.576. The fourth-order valence-electron chi connectivity index (χ4n) is 3.90. The lowest BCUT2D eigenvalue weighted by Gasteiger charge is -2.17. The van der Waals surface area contributed by atoms with Gasteiger partial charge in [-0.2, -0.15) is 4.98 Å². The van der Waals surface area contributed by atoms with Crippen molar-refractivity contribution in [2.75, 3.05) is 18.4 Å². The first kappa shape index (κ1) is 21.5. The second-order valence-electron chi connectivity index (χ2n) is 7.84. The van der Waals surface area contributed by atoms with Gasteiger partial charge in [-0.15, -0.1) is 0 Å². The number of hydrogen-bond acceptors (Lipinski definition) is 6. The molecule has 0 spiro atoms. The highest BCUT2D eigenvalue weighted by Crippen LogP contribution is 2.23. The number of pyridine rings is 1. The molecule has 1 aliphatic rings. The third kappa shape index (κ3) is 4.49. The van der Waals surface area contributed by atoms with Gasteiger partial charge in [-0.05, 0) is 43.7 Å². The molecule has 1 fully saturated rings. The van der Waals surface area contributed by atoms with Crippen LogP contribution >= 0.6 is 0 Å². The molecule has 8 heteroatoms. The second-order valence-corrected chi connectivity index (χ2v) is 7.84. The molecule has 3 heterocycles. The Labute approximate surface area is 186 Å². The topological polar surface area (TPSA) is 89.4 Å². The number of fused-ring (bicyclic) bond motifs is 1. The standard InChI is InChI=1S/C24H27N5O3/c1-4-21(30)28-13-12-20(15-28)32-19-9-6-17(7-10-19)16(3)26-24-25-14-18-8-11-22(31)29(5-2)23(18)27-24/h4,6-11,14,16,20H,1,5,12-13,15H2,2-3H3,(H,25,26,27)/t16?,20-/m0/s1. The Balaban J connectivity index is 1.42. The lowest BCUT2D eigenvalue weighted by molar-refractivity contribution is -0.125. The van der Waals surface area contributed by atoms with Crippen LogP contribution < -0.4 is 15.6 Å². The zero-order valence-corrected chi connectivity index (χ0v) is 18.3. The summed E-state index contributed by atoms with van der Waals surface area (Å²) >= 11 is 0. The number of aryl methyl sites for hydroxylation is 1. The molecule has 0 radical (unpaired) electrons. The van der Waals surface area contributed by atoms with E-state index < -0.39 is 0 Å². The molecule has 1 aliphatic heterocycles. The summed E-state index contributed by atoms with van der Waals surface area (Å²) < 4.78 is 7.66. The van der Waals surface area contributed by atoms with Crippen LogP contribution in [0.15, 0.2) is 60.0 Å². The summed E-state index contributed by atoms with van der Waals surface area (Å²) in [6, 6.07) is 11.1. The summed E-state index contributed by atoms with van der Waals surface area (Å²) in [7, 11) is 0. The van der Waals surface area contributed by atoms with E-state index >= 15 is 0 Å². The molecule has 0 bridgehead atoms. The van der Waals surface area contributed by atoms with Crippen molar-refractivity contribution in [1.82, 2.24) is 19.4 Å². The minimum absolute atomic E-state index is 0.0116. The maximum absolute atomic E-state index is 12.1. The molecule has 4 rings (SSSR count). The molecule has 1 aromatic carbocycles. The number of carbonyl (C=O) groups excluding carboxylic acids is 1. The average Bonchev–Trinajstić information content (AvgIpc) is 3.27. The van der Waals surface area contributed by atoms with E-state index in [2.05, 4.69) is 21.9 Å². The van der Waals surface area contributed by atoms with Gasteiger partial charge in [0.15, 0.2) is 0 Å². The third-order valence-corrected chi connectivity index (χ3v) is 5.70. The molecule has 1 amide bonds. The van der Waals surface area contributed by atoms with Gasteiger partial charge in [0.1, 0.15) is 17.5 Å². The number of nitrogens with one attached hydrogen (secondary N) is 1. The SMILES string of the molecule is C=CC(=O)N1CC[C@H](Oc2ccc(C(C)Nc3ncc4ccc(=O)n(CC)c4n3)cc2)C1. The molecular weight excluding hydrogens is 406 g/mol. The monoisotopic (exact) mass is 433 g/mol. The van der Waals surface area contributed by atoms with Crippen molar-refractivity contribution in [2.24, 2.45) is 0 Å². The molecular formula is C24H27N5O3. The molecule has 32 heavy (non-hydrogen) atoms. The van der Waals surface area contributed by atoms with E-state index in [1.54, 1.807) is 21.7 Å². The van der Waals surface area contributed by atoms with Crippen LogP contribution in [-0.4, -0.2) is 44.5 Å². The van der Waals surface area contributed by atoms with Crippen LogP contribution in [0.5, 0.6) is 5.75 Å². The summed E-state index contributed by atoms with van der Waals surface area (Å²) in [5.41, 5.74) is 1.60. The summed E-state index contributed by atoms with van der Waals surface area (Å²) in [6.07, 6.45) is 3.86. The van der Waals surface area contributed by atoms with Crippen LogP contribution in [-0.2, 0) is 11.3 Å². The van der Waals surface area contributed by atoms with Gasteiger partial charge in [0.05, 0.1) is 12.6 Å². The highest BCUT2D eigenvalue weighted by atomic mass is 16.5. The largest absolute Gasteiger partial charge is 0.489 e. The van der Waals surface area contributed by atoms with Crippen LogP contribution in [0.3, 0.4) is 0 Å². The van der Waals surface area contributed by atoms with Crippen molar-refractivity contribution >= 4 is 22.9 Å². The number of ether oxygens (including phenoxy) is 1. The lowest BCUT2D eigenvalue weighted by Crippen LogP contribution is -2.29. The Hall–Kier alpha value is -3.68. The average molecular weight is 434 g/mol. The van der Waals surface area contributed by atoms with Crippen LogP contribution in [0.25, 0.3) is 11.0 Å². The van der Waals surface area contributed by atoms with E-state index in [-0.39, 0.29) is 23.6 Å². The Bertz CT molecular complexity index is 1190. The van der Waals surface area contributed by atoms with Crippen LogP contribution in [0, 0.1) is 0 Å². The van der Waals surface area contributed by atoms with Crippen molar-refractivity contribution in [1.29, 1.82) is 0 Å². The Kier molecular flexibility index (Phi) is 6.20.